The second kappa shape index (κ2) is 12.4. The minimum atomic E-state index is -0.440. The summed E-state index contributed by atoms with van der Waals surface area (Å²) in [6.07, 6.45) is 10.1. The number of nitrogens with one attached hydrogen (secondary N) is 1. The van der Waals surface area contributed by atoms with Crippen molar-refractivity contribution in [1.82, 2.24) is 29.5 Å². The number of hydrogen-bond donors (Lipinski definition) is 2. The normalized spacial score (nSPS) is 20.9. The third-order valence-corrected chi connectivity index (χ3v) is 8.34. The summed E-state index contributed by atoms with van der Waals surface area (Å²) < 4.78 is 16.7. The van der Waals surface area contributed by atoms with Crippen molar-refractivity contribution in [2.24, 2.45) is 0 Å². The molecule has 3 aromatic rings. The molecule has 2 fully saturated rings. The Hall–Kier alpha value is -3.04. The standard InChI is InChI=1S/C30H43FN8/c1-4-6-7-15-33-29-27-28(21-9-14-25(32)24(31)20-21)36-39(30(27)35-26(34-29)8-5-2)23-12-10-22(11-13-23)38-18-16-37(3)17-19-38/h5,9,14,20,22-23H,2,4,6-8,10-13,15-19,32H2,1,3H3,(H,33,34,35). The molecule has 39 heavy (non-hydrogen) atoms. The van der Waals surface area contributed by atoms with Gasteiger partial charge in [-0.1, -0.05) is 31.9 Å². The third kappa shape index (κ3) is 6.09. The highest BCUT2D eigenvalue weighted by Crippen LogP contribution is 2.38. The van der Waals surface area contributed by atoms with E-state index in [1.54, 1.807) is 6.07 Å². The lowest BCUT2D eigenvalue weighted by Crippen LogP contribution is -2.49. The van der Waals surface area contributed by atoms with Crippen molar-refractivity contribution in [1.29, 1.82) is 0 Å². The summed E-state index contributed by atoms with van der Waals surface area (Å²) in [5, 5.41) is 9.54. The van der Waals surface area contributed by atoms with Gasteiger partial charge in [-0.2, -0.15) is 5.10 Å². The Morgan fingerprint density at radius 1 is 1.08 bits per heavy atom. The molecule has 3 heterocycles. The van der Waals surface area contributed by atoms with Crippen molar-refractivity contribution in [2.75, 3.05) is 50.8 Å². The number of aromatic nitrogens is 4. The first-order valence-electron chi connectivity index (χ1n) is 14.6. The van der Waals surface area contributed by atoms with Crippen LogP contribution < -0.4 is 11.1 Å². The third-order valence-electron chi connectivity index (χ3n) is 8.34. The zero-order valence-electron chi connectivity index (χ0n) is 23.5. The van der Waals surface area contributed by atoms with E-state index in [9.17, 15) is 4.39 Å². The van der Waals surface area contributed by atoms with E-state index in [0.29, 0.717) is 23.7 Å². The van der Waals surface area contributed by atoms with E-state index in [4.69, 9.17) is 20.8 Å². The Morgan fingerprint density at radius 3 is 2.51 bits per heavy atom. The Kier molecular flexibility index (Phi) is 8.77. The summed E-state index contributed by atoms with van der Waals surface area (Å²) in [5.74, 6) is 1.04. The molecule has 2 aromatic heterocycles. The summed E-state index contributed by atoms with van der Waals surface area (Å²) in [6.45, 7) is 11.5. The highest BCUT2D eigenvalue weighted by Gasteiger charge is 2.31. The number of likely N-dealkylation sites (N-methyl/N-ethyl adjacent to an activating group) is 1. The lowest BCUT2D eigenvalue weighted by Gasteiger charge is -2.41. The maximum absolute atomic E-state index is 14.6. The molecule has 8 nitrogen and oxygen atoms in total. The van der Waals surface area contributed by atoms with E-state index in [2.05, 4.69) is 40.3 Å². The highest BCUT2D eigenvalue weighted by molar-refractivity contribution is 5.99. The van der Waals surface area contributed by atoms with Crippen LogP contribution in [0.4, 0.5) is 15.9 Å². The van der Waals surface area contributed by atoms with Crippen molar-refractivity contribution in [3.05, 3.63) is 42.5 Å². The number of benzene rings is 1. The number of nitrogens with zero attached hydrogens (tertiary/aromatic N) is 6. The van der Waals surface area contributed by atoms with Crippen molar-refractivity contribution >= 4 is 22.5 Å². The molecule has 3 N–H and O–H groups in total. The van der Waals surface area contributed by atoms with E-state index in [1.165, 1.54) is 6.07 Å². The van der Waals surface area contributed by atoms with Crippen LogP contribution >= 0.6 is 0 Å². The van der Waals surface area contributed by atoms with E-state index in [1.807, 2.05) is 12.1 Å². The van der Waals surface area contributed by atoms with Gasteiger partial charge < -0.3 is 16.0 Å². The van der Waals surface area contributed by atoms with Crippen molar-refractivity contribution < 1.29 is 4.39 Å². The van der Waals surface area contributed by atoms with Crippen molar-refractivity contribution in [3.8, 4) is 11.3 Å². The Bertz CT molecular complexity index is 1270. The molecule has 0 atom stereocenters. The number of rotatable bonds is 10. The largest absolute Gasteiger partial charge is 0.396 e. The van der Waals surface area contributed by atoms with Crippen LogP contribution in [0.5, 0.6) is 0 Å². The molecule has 5 rings (SSSR count). The van der Waals surface area contributed by atoms with Gasteiger partial charge >= 0.3 is 0 Å². The van der Waals surface area contributed by atoms with Gasteiger partial charge in [0.1, 0.15) is 23.2 Å². The molecule has 1 aromatic carbocycles. The number of hydrogen-bond acceptors (Lipinski definition) is 7. The van der Waals surface area contributed by atoms with E-state index in [-0.39, 0.29) is 11.7 Å². The van der Waals surface area contributed by atoms with Crippen LogP contribution in [0.15, 0.2) is 30.9 Å². The minimum absolute atomic E-state index is 0.132. The number of unbranched alkanes of at least 4 members (excludes halogenated alkanes) is 2. The molecule has 2 aliphatic rings. The molecule has 0 radical (unpaired) electrons. The zero-order chi connectivity index (χ0) is 27.4. The number of piperazine rings is 1. The fraction of sp³-hybridized carbons (Fsp3) is 0.567. The maximum atomic E-state index is 14.6. The van der Waals surface area contributed by atoms with Crippen LogP contribution in [-0.4, -0.2) is 75.4 Å². The van der Waals surface area contributed by atoms with E-state index < -0.39 is 5.82 Å². The van der Waals surface area contributed by atoms with Gasteiger partial charge in [-0.05, 0) is 51.3 Å². The zero-order valence-corrected chi connectivity index (χ0v) is 23.5. The lowest BCUT2D eigenvalue weighted by molar-refractivity contribution is 0.0815. The topological polar surface area (TPSA) is 88.1 Å². The quantitative estimate of drug-likeness (QED) is 0.208. The number of halogens is 1. The van der Waals surface area contributed by atoms with Gasteiger partial charge in [0.15, 0.2) is 5.65 Å². The molecule has 0 bridgehead atoms. The molecular formula is C30H43FN8. The average molecular weight is 535 g/mol. The van der Waals surface area contributed by atoms with Crippen molar-refractivity contribution in [3.63, 3.8) is 0 Å². The Labute approximate surface area is 231 Å². The molecule has 0 amide bonds. The monoisotopic (exact) mass is 534 g/mol. The van der Waals surface area contributed by atoms with Crippen LogP contribution in [0.1, 0.15) is 63.7 Å². The molecule has 210 valence electrons. The van der Waals surface area contributed by atoms with Gasteiger partial charge in [0.05, 0.1) is 17.1 Å². The first-order chi connectivity index (χ1) is 19.0. The predicted molar refractivity (Wildman–Crippen MR) is 157 cm³/mol. The number of nitrogens with two attached hydrogens (primary N) is 1. The number of anilines is 2. The maximum Gasteiger partial charge on any atom is 0.164 e. The second-order valence-corrected chi connectivity index (χ2v) is 11.1. The first-order valence-corrected chi connectivity index (χ1v) is 14.6. The van der Waals surface area contributed by atoms with Crippen LogP contribution in [0, 0.1) is 5.82 Å². The van der Waals surface area contributed by atoms with Crippen LogP contribution in [0.3, 0.4) is 0 Å². The van der Waals surface area contributed by atoms with Crippen molar-refractivity contribution in [2.45, 2.75) is 70.4 Å². The second-order valence-electron chi connectivity index (χ2n) is 11.1. The number of allylic oxidation sites excluding steroid dienone is 1. The van der Waals surface area contributed by atoms with Gasteiger partial charge in [-0.3, -0.25) is 4.90 Å². The van der Waals surface area contributed by atoms with Crippen LogP contribution in [0.25, 0.3) is 22.3 Å². The van der Waals surface area contributed by atoms with Crippen LogP contribution in [0.2, 0.25) is 0 Å². The van der Waals surface area contributed by atoms with Gasteiger partial charge in [0.25, 0.3) is 0 Å². The summed E-state index contributed by atoms with van der Waals surface area (Å²) >= 11 is 0. The minimum Gasteiger partial charge on any atom is -0.396 e. The lowest BCUT2D eigenvalue weighted by atomic mass is 9.90. The molecule has 9 heteroatoms. The van der Waals surface area contributed by atoms with Gasteiger partial charge in [-0.25, -0.2) is 19.0 Å². The number of nitrogen functional groups attached to an aromatic ring is 1. The highest BCUT2D eigenvalue weighted by atomic mass is 19.1. The van der Waals surface area contributed by atoms with E-state index in [0.717, 1.165) is 100 Å². The summed E-state index contributed by atoms with van der Waals surface area (Å²) in [7, 11) is 2.21. The molecule has 1 saturated carbocycles. The Balaban J connectivity index is 1.51. The van der Waals surface area contributed by atoms with E-state index >= 15 is 0 Å². The average Bonchev–Trinajstić information content (AvgIpc) is 3.33. The SMILES string of the molecule is C=CCc1nc(NCCCCC)c2c(-c3ccc(N)c(F)c3)nn(C3CCC(N4CCN(C)CC4)CC3)c2n1. The Morgan fingerprint density at radius 2 is 1.82 bits per heavy atom. The van der Waals surface area contributed by atoms with Gasteiger partial charge in [0, 0.05) is 50.7 Å². The summed E-state index contributed by atoms with van der Waals surface area (Å²) in [5.41, 5.74) is 8.14. The fourth-order valence-electron chi connectivity index (χ4n) is 6.00. The van der Waals surface area contributed by atoms with Crippen LogP contribution in [-0.2, 0) is 6.42 Å². The molecule has 1 aliphatic carbocycles. The fourth-order valence-corrected chi connectivity index (χ4v) is 6.00. The molecule has 0 spiro atoms. The first kappa shape index (κ1) is 27.5. The number of fused-ring (bicyclic) bond motifs is 1. The van der Waals surface area contributed by atoms with Gasteiger partial charge in [0.2, 0.25) is 0 Å². The van der Waals surface area contributed by atoms with Gasteiger partial charge in [-0.15, -0.1) is 6.58 Å². The predicted octanol–water partition coefficient (Wildman–Crippen LogP) is 5.28. The summed E-state index contributed by atoms with van der Waals surface area (Å²) in [6, 6.07) is 5.79. The molecule has 1 aliphatic heterocycles. The molecule has 0 unspecified atom stereocenters. The smallest absolute Gasteiger partial charge is 0.164 e. The summed E-state index contributed by atoms with van der Waals surface area (Å²) in [4.78, 5) is 14.9. The molecular weight excluding hydrogens is 491 g/mol. The molecule has 1 saturated heterocycles.